The molecule has 0 aliphatic heterocycles. The van der Waals surface area contributed by atoms with E-state index in [1.165, 1.54) is 0 Å². The first kappa shape index (κ1) is 26.7. The van der Waals surface area contributed by atoms with Gasteiger partial charge < -0.3 is 19.3 Å². The van der Waals surface area contributed by atoms with E-state index >= 15 is 0 Å². The molecular weight excluding hydrogens is 442 g/mol. The molecule has 0 bridgehead atoms. The Bertz CT molecular complexity index is 1030. The van der Waals surface area contributed by atoms with Crippen molar-refractivity contribution in [1.29, 1.82) is 0 Å². The van der Waals surface area contributed by atoms with Crippen LogP contribution in [0.25, 0.3) is 5.69 Å². The summed E-state index contributed by atoms with van der Waals surface area (Å²) in [5.41, 5.74) is 2.80. The minimum atomic E-state index is -0.582. The smallest absolute Gasteiger partial charge is 0.227 e. The maximum atomic E-state index is 10.7. The van der Waals surface area contributed by atoms with E-state index in [0.717, 1.165) is 29.1 Å². The lowest BCUT2D eigenvalue weighted by molar-refractivity contribution is -0.0150. The molecule has 0 spiro atoms. The number of methoxy groups -OCH3 is 1. The van der Waals surface area contributed by atoms with Gasteiger partial charge >= 0.3 is 0 Å². The Kier molecular flexibility index (Phi) is 9.72. The fourth-order valence-electron chi connectivity index (χ4n) is 3.81. The van der Waals surface area contributed by atoms with E-state index < -0.39 is 6.10 Å². The Balaban J connectivity index is 1.95. The maximum Gasteiger partial charge on any atom is 0.227 e. The Morgan fingerprint density at radius 2 is 1.66 bits per heavy atom. The van der Waals surface area contributed by atoms with Crippen molar-refractivity contribution in [3.63, 3.8) is 0 Å². The van der Waals surface area contributed by atoms with Gasteiger partial charge in [-0.3, -0.25) is 4.90 Å². The predicted molar refractivity (Wildman–Crippen MR) is 139 cm³/mol. The van der Waals surface area contributed by atoms with Gasteiger partial charge in [0.1, 0.15) is 11.5 Å². The zero-order valence-corrected chi connectivity index (χ0v) is 21.8. The van der Waals surface area contributed by atoms with Gasteiger partial charge in [-0.25, -0.2) is 4.68 Å². The van der Waals surface area contributed by atoms with Crippen molar-refractivity contribution in [2.24, 2.45) is 0 Å². The van der Waals surface area contributed by atoms with Gasteiger partial charge in [-0.15, -0.1) is 0 Å². The standard InChI is InChI=1S/C28H39N3O4/c1-7-21(4)30(17-24(32)19-34-20(2)3)18-27-22(5)29-31(23-11-9-8-10-12-23)28(27)35-26-15-13-25(33-6)14-16-26/h8-16,20-21,24,32H,7,17-19H2,1-6H3/t21-,24+/m1/s1. The fraction of sp³-hybridized carbons (Fsp3) is 0.464. The highest BCUT2D eigenvalue weighted by Crippen LogP contribution is 2.33. The van der Waals surface area contributed by atoms with Crippen molar-refractivity contribution in [1.82, 2.24) is 14.7 Å². The molecule has 0 saturated heterocycles. The summed E-state index contributed by atoms with van der Waals surface area (Å²) in [7, 11) is 1.64. The average Bonchev–Trinajstić information content (AvgIpc) is 3.17. The summed E-state index contributed by atoms with van der Waals surface area (Å²) in [6.07, 6.45) is 0.456. The van der Waals surface area contributed by atoms with Crippen LogP contribution in [0.3, 0.4) is 0 Å². The predicted octanol–water partition coefficient (Wildman–Crippen LogP) is 5.37. The van der Waals surface area contributed by atoms with E-state index in [1.54, 1.807) is 7.11 Å². The molecule has 35 heavy (non-hydrogen) atoms. The van der Waals surface area contributed by atoms with Crippen LogP contribution in [0.15, 0.2) is 54.6 Å². The lowest BCUT2D eigenvalue weighted by Crippen LogP contribution is -2.40. The van der Waals surface area contributed by atoms with E-state index in [-0.39, 0.29) is 12.1 Å². The van der Waals surface area contributed by atoms with E-state index in [1.807, 2.05) is 80.1 Å². The first-order chi connectivity index (χ1) is 16.8. The van der Waals surface area contributed by atoms with Gasteiger partial charge in [-0.1, -0.05) is 25.1 Å². The number of ether oxygens (including phenoxy) is 3. The average molecular weight is 482 g/mol. The third-order valence-electron chi connectivity index (χ3n) is 6.05. The first-order valence-corrected chi connectivity index (χ1v) is 12.3. The number of rotatable bonds is 13. The third kappa shape index (κ3) is 7.31. The highest BCUT2D eigenvalue weighted by Gasteiger charge is 2.25. The van der Waals surface area contributed by atoms with Crippen molar-refractivity contribution in [3.05, 3.63) is 65.9 Å². The molecule has 1 aromatic heterocycles. The van der Waals surface area contributed by atoms with Gasteiger partial charge in [0.05, 0.1) is 42.9 Å². The van der Waals surface area contributed by atoms with Crippen molar-refractivity contribution in [2.45, 2.75) is 65.8 Å². The number of aliphatic hydroxyl groups excluding tert-OH is 1. The monoisotopic (exact) mass is 481 g/mol. The molecule has 0 unspecified atom stereocenters. The number of aliphatic hydroxyl groups is 1. The van der Waals surface area contributed by atoms with Crippen LogP contribution in [0.2, 0.25) is 0 Å². The summed E-state index contributed by atoms with van der Waals surface area (Å²) >= 11 is 0. The molecule has 3 aromatic rings. The lowest BCUT2D eigenvalue weighted by Gasteiger charge is -2.30. The Morgan fingerprint density at radius 3 is 2.26 bits per heavy atom. The zero-order chi connectivity index (χ0) is 25.4. The first-order valence-electron chi connectivity index (χ1n) is 12.3. The molecule has 3 rings (SSSR count). The quantitative estimate of drug-likeness (QED) is 0.354. The number of nitrogens with zero attached hydrogens (tertiary/aromatic N) is 3. The molecule has 0 saturated carbocycles. The van der Waals surface area contributed by atoms with E-state index in [9.17, 15) is 5.11 Å². The molecule has 2 aromatic carbocycles. The fourth-order valence-corrected chi connectivity index (χ4v) is 3.81. The molecular formula is C28H39N3O4. The number of para-hydroxylation sites is 1. The number of hydrogen-bond donors (Lipinski definition) is 1. The second-order valence-electron chi connectivity index (χ2n) is 9.12. The molecule has 0 aliphatic carbocycles. The number of hydrogen-bond acceptors (Lipinski definition) is 6. The van der Waals surface area contributed by atoms with Crippen molar-refractivity contribution >= 4 is 0 Å². The molecule has 7 nitrogen and oxygen atoms in total. The van der Waals surface area contributed by atoms with Crippen LogP contribution < -0.4 is 9.47 Å². The molecule has 0 amide bonds. The van der Waals surface area contributed by atoms with Gasteiger partial charge in [0.25, 0.3) is 0 Å². The molecule has 0 radical (unpaired) electrons. The van der Waals surface area contributed by atoms with Gasteiger partial charge in [0.2, 0.25) is 5.88 Å². The van der Waals surface area contributed by atoms with Crippen LogP contribution in [0.5, 0.6) is 17.4 Å². The van der Waals surface area contributed by atoms with E-state index in [2.05, 4.69) is 18.7 Å². The number of aryl methyl sites for hydroxylation is 1. The normalized spacial score (nSPS) is 13.3. The van der Waals surface area contributed by atoms with E-state index in [4.69, 9.17) is 19.3 Å². The largest absolute Gasteiger partial charge is 0.497 e. The highest BCUT2D eigenvalue weighted by molar-refractivity contribution is 5.44. The van der Waals surface area contributed by atoms with Gasteiger partial charge in [-0.05, 0) is 70.5 Å². The van der Waals surface area contributed by atoms with Crippen LogP contribution in [-0.4, -0.2) is 58.3 Å². The van der Waals surface area contributed by atoms with Gasteiger partial charge in [-0.2, -0.15) is 5.10 Å². The van der Waals surface area contributed by atoms with Gasteiger partial charge in [0.15, 0.2) is 0 Å². The minimum Gasteiger partial charge on any atom is -0.497 e. The highest BCUT2D eigenvalue weighted by atomic mass is 16.5. The Labute approximate surface area is 209 Å². The molecule has 1 heterocycles. The second kappa shape index (κ2) is 12.7. The topological polar surface area (TPSA) is 69.0 Å². The second-order valence-corrected chi connectivity index (χ2v) is 9.12. The van der Waals surface area contributed by atoms with Crippen LogP contribution in [0.1, 0.15) is 45.4 Å². The number of aromatic nitrogens is 2. The molecule has 1 N–H and O–H groups in total. The lowest BCUT2D eigenvalue weighted by atomic mass is 10.1. The SMILES string of the molecule is CC[C@@H](C)N(Cc1c(C)nn(-c2ccccc2)c1Oc1ccc(OC)cc1)C[C@H](O)COC(C)C. The summed E-state index contributed by atoms with van der Waals surface area (Å²) in [6.45, 7) is 11.7. The summed E-state index contributed by atoms with van der Waals surface area (Å²) in [5, 5.41) is 15.5. The molecule has 0 aliphatic rings. The molecule has 0 fully saturated rings. The third-order valence-corrected chi connectivity index (χ3v) is 6.05. The van der Waals surface area contributed by atoms with Crippen molar-refractivity contribution in [3.8, 4) is 23.1 Å². The summed E-state index contributed by atoms with van der Waals surface area (Å²) in [5.74, 6) is 2.13. The van der Waals surface area contributed by atoms with E-state index in [0.29, 0.717) is 31.3 Å². The van der Waals surface area contributed by atoms with Crippen LogP contribution >= 0.6 is 0 Å². The van der Waals surface area contributed by atoms with Crippen LogP contribution in [-0.2, 0) is 11.3 Å². The van der Waals surface area contributed by atoms with Crippen LogP contribution in [0.4, 0.5) is 0 Å². The Hall–Kier alpha value is -2.87. The van der Waals surface area contributed by atoms with Gasteiger partial charge in [0, 0.05) is 19.1 Å². The molecule has 7 heteroatoms. The van der Waals surface area contributed by atoms with Crippen molar-refractivity contribution < 1.29 is 19.3 Å². The molecule has 2 atom stereocenters. The summed E-state index contributed by atoms with van der Waals surface area (Å²) in [4.78, 5) is 2.27. The van der Waals surface area contributed by atoms with Crippen LogP contribution in [0, 0.1) is 6.92 Å². The Morgan fingerprint density at radius 1 is 1.00 bits per heavy atom. The van der Waals surface area contributed by atoms with Crippen molar-refractivity contribution in [2.75, 3.05) is 20.3 Å². The maximum absolute atomic E-state index is 10.7. The minimum absolute atomic E-state index is 0.0811. The number of benzene rings is 2. The summed E-state index contributed by atoms with van der Waals surface area (Å²) in [6, 6.07) is 17.8. The molecule has 190 valence electrons. The zero-order valence-electron chi connectivity index (χ0n) is 21.8. The summed E-state index contributed by atoms with van der Waals surface area (Å²) < 4.78 is 19.2.